The van der Waals surface area contributed by atoms with Crippen LogP contribution in [0.3, 0.4) is 0 Å². The lowest BCUT2D eigenvalue weighted by atomic mass is 10.1. The molecule has 0 bridgehead atoms. The van der Waals surface area contributed by atoms with Crippen molar-refractivity contribution in [2.45, 2.75) is 51.1 Å². The van der Waals surface area contributed by atoms with E-state index in [9.17, 15) is 21.6 Å². The summed E-state index contributed by atoms with van der Waals surface area (Å²) in [6.07, 6.45) is -2.21. The predicted molar refractivity (Wildman–Crippen MR) is 108 cm³/mol. The second kappa shape index (κ2) is 9.48. The van der Waals surface area contributed by atoms with Gasteiger partial charge in [-0.3, -0.25) is 15.2 Å². The van der Waals surface area contributed by atoms with Gasteiger partial charge in [0.25, 0.3) is 0 Å². The number of nitrogens with zero attached hydrogens (tertiary/aromatic N) is 4. The fourth-order valence-electron chi connectivity index (χ4n) is 3.35. The Hall–Kier alpha value is -1.92. The van der Waals surface area contributed by atoms with Gasteiger partial charge >= 0.3 is 6.36 Å². The topological polar surface area (TPSA) is 89.8 Å². The number of ether oxygens (including phenoxy) is 1. The molecule has 1 saturated heterocycles. The van der Waals surface area contributed by atoms with Gasteiger partial charge in [0.1, 0.15) is 27.7 Å². The van der Waals surface area contributed by atoms with Crippen LogP contribution in [-0.2, 0) is 21.1 Å². The molecule has 30 heavy (non-hydrogen) atoms. The molecule has 0 saturated carbocycles. The van der Waals surface area contributed by atoms with Crippen LogP contribution in [-0.4, -0.2) is 73.5 Å². The zero-order valence-electron chi connectivity index (χ0n) is 17.5. The molecule has 1 unspecified atom stereocenters. The first-order valence-electron chi connectivity index (χ1n) is 9.46. The minimum Gasteiger partial charge on any atom is -0.357 e. The first-order valence-corrected chi connectivity index (χ1v) is 11.4. The molecule has 1 fully saturated rings. The summed E-state index contributed by atoms with van der Waals surface area (Å²) in [5.41, 5.74) is 0.753. The number of alkyl halides is 3. The van der Waals surface area contributed by atoms with Crippen LogP contribution in [0.5, 0.6) is 0 Å². The molecule has 170 valence electrons. The molecule has 0 aromatic carbocycles. The van der Waals surface area contributed by atoms with Gasteiger partial charge < -0.3 is 4.90 Å². The quantitative estimate of drug-likeness (QED) is 0.295. The third kappa shape index (κ3) is 6.81. The van der Waals surface area contributed by atoms with Gasteiger partial charge in [-0.05, 0) is 44.4 Å². The average molecular weight is 452 g/mol. The molecule has 0 spiro atoms. The van der Waals surface area contributed by atoms with E-state index in [1.165, 1.54) is 37.2 Å². The molecule has 2 rings (SSSR count). The van der Waals surface area contributed by atoms with Crippen LogP contribution in [0.4, 0.5) is 19.0 Å². The number of nitrogens with one attached hydrogen (secondary N) is 1. The number of hydrogen-bond acceptors (Lipinski definition) is 7. The number of amidine groups is 1. The maximum absolute atomic E-state index is 12.5. The van der Waals surface area contributed by atoms with Gasteiger partial charge in [0, 0.05) is 32.6 Å². The summed E-state index contributed by atoms with van der Waals surface area (Å²) in [7, 11) is -1.65. The normalized spacial score (nSPS) is 17.3. The number of sulfone groups is 1. The third-order valence-corrected chi connectivity index (χ3v) is 6.79. The van der Waals surface area contributed by atoms with E-state index < -0.39 is 22.4 Å². The molecule has 12 heteroatoms. The highest BCUT2D eigenvalue weighted by Gasteiger charge is 2.35. The molecule has 1 aromatic rings. The van der Waals surface area contributed by atoms with Crippen LogP contribution >= 0.6 is 0 Å². The molecule has 8 nitrogen and oxygen atoms in total. The van der Waals surface area contributed by atoms with Gasteiger partial charge in [0.2, 0.25) is 0 Å². The fraction of sp³-hybridized carbons (Fsp3) is 0.667. The van der Waals surface area contributed by atoms with E-state index in [1.54, 1.807) is 18.3 Å². The predicted octanol–water partition coefficient (Wildman–Crippen LogP) is 2.62. The summed E-state index contributed by atoms with van der Waals surface area (Å²) >= 11 is 0. The average Bonchev–Trinajstić information content (AvgIpc) is 2.63. The largest absolute Gasteiger partial charge is 0.524 e. The molecule has 0 radical (unpaired) electrons. The van der Waals surface area contributed by atoms with Crippen molar-refractivity contribution in [1.82, 2.24) is 15.0 Å². The van der Waals surface area contributed by atoms with E-state index in [4.69, 9.17) is 5.41 Å². The van der Waals surface area contributed by atoms with Crippen molar-refractivity contribution < 1.29 is 26.3 Å². The lowest BCUT2D eigenvalue weighted by molar-refractivity contribution is -0.365. The van der Waals surface area contributed by atoms with Gasteiger partial charge in [0.15, 0.2) is 0 Å². The molecule has 2 heterocycles. The van der Waals surface area contributed by atoms with Crippen LogP contribution in [0.2, 0.25) is 0 Å². The minimum absolute atomic E-state index is 0.0578. The van der Waals surface area contributed by atoms with Gasteiger partial charge in [-0.25, -0.2) is 13.4 Å². The maximum Gasteiger partial charge on any atom is 0.524 e. The van der Waals surface area contributed by atoms with E-state index in [0.717, 1.165) is 5.56 Å². The smallest absolute Gasteiger partial charge is 0.357 e. The van der Waals surface area contributed by atoms with Crippen molar-refractivity contribution in [3.63, 3.8) is 0 Å². The Morgan fingerprint density at radius 2 is 2.00 bits per heavy atom. The Morgan fingerprint density at radius 3 is 2.50 bits per heavy atom. The lowest BCUT2D eigenvalue weighted by Gasteiger charge is -2.37. The molecular formula is C18H28F3N5O3S. The van der Waals surface area contributed by atoms with Gasteiger partial charge in [0.05, 0.1) is 11.8 Å². The number of aromatic nitrogens is 1. The van der Waals surface area contributed by atoms with Crippen LogP contribution < -0.4 is 4.90 Å². The van der Waals surface area contributed by atoms with Crippen molar-refractivity contribution in [1.29, 1.82) is 5.41 Å². The summed E-state index contributed by atoms with van der Waals surface area (Å²) < 4.78 is 65.1. The third-order valence-electron chi connectivity index (χ3n) is 5.11. The van der Waals surface area contributed by atoms with Crippen molar-refractivity contribution >= 4 is 21.5 Å². The summed E-state index contributed by atoms with van der Waals surface area (Å²) in [5, 5.41) is 10.2. The maximum atomic E-state index is 12.5. The van der Waals surface area contributed by atoms with Crippen LogP contribution in [0.15, 0.2) is 18.3 Å². The number of piperidine rings is 1. The van der Waals surface area contributed by atoms with Crippen molar-refractivity contribution in [3.8, 4) is 0 Å². The van der Waals surface area contributed by atoms with Gasteiger partial charge in [-0.1, -0.05) is 0 Å². The number of halogens is 3. The second-order valence-electron chi connectivity index (χ2n) is 7.42. The fourth-order valence-corrected chi connectivity index (χ4v) is 4.42. The van der Waals surface area contributed by atoms with Crippen molar-refractivity contribution in [3.05, 3.63) is 23.9 Å². The summed E-state index contributed by atoms with van der Waals surface area (Å²) in [4.78, 5) is 6.34. The van der Waals surface area contributed by atoms with E-state index in [-0.39, 0.29) is 17.6 Å². The Labute approximate surface area is 175 Å². The van der Waals surface area contributed by atoms with Crippen molar-refractivity contribution in [2.24, 2.45) is 0 Å². The summed E-state index contributed by atoms with van der Waals surface area (Å²) in [6.45, 7) is 4.00. The molecule has 0 aliphatic carbocycles. The van der Waals surface area contributed by atoms with E-state index in [1.807, 2.05) is 4.90 Å². The second-order valence-corrected chi connectivity index (χ2v) is 9.74. The molecule has 1 N–H and O–H groups in total. The number of hydrogen-bond donors (Lipinski definition) is 1. The van der Waals surface area contributed by atoms with Gasteiger partial charge in [-0.2, -0.15) is 5.01 Å². The van der Waals surface area contributed by atoms with Crippen molar-refractivity contribution in [2.75, 3.05) is 31.3 Å². The van der Waals surface area contributed by atoms with Crippen LogP contribution in [0.25, 0.3) is 0 Å². The Bertz CT molecular complexity index is 842. The first-order chi connectivity index (χ1) is 13.8. The van der Waals surface area contributed by atoms with Gasteiger partial charge in [-0.15, -0.1) is 13.2 Å². The zero-order valence-corrected chi connectivity index (χ0v) is 18.3. The highest BCUT2D eigenvalue weighted by Crippen LogP contribution is 2.24. The van der Waals surface area contributed by atoms with Crippen LogP contribution in [0.1, 0.15) is 32.3 Å². The molecule has 1 aromatic heterocycles. The number of rotatable bonds is 7. The number of hydrazine groups is 1. The van der Waals surface area contributed by atoms with E-state index in [2.05, 4.69) is 9.72 Å². The Morgan fingerprint density at radius 1 is 1.40 bits per heavy atom. The zero-order chi connectivity index (χ0) is 22.7. The Balaban J connectivity index is 2.10. The molecule has 1 aliphatic heterocycles. The monoisotopic (exact) mass is 451 g/mol. The highest BCUT2D eigenvalue weighted by molar-refractivity contribution is 7.91. The minimum atomic E-state index is -4.78. The molecule has 1 aliphatic rings. The lowest BCUT2D eigenvalue weighted by Crippen LogP contribution is -2.49. The molecule has 0 amide bonds. The van der Waals surface area contributed by atoms with E-state index in [0.29, 0.717) is 31.7 Å². The number of pyridine rings is 1. The number of anilines is 1. The Kier molecular flexibility index (Phi) is 7.69. The summed E-state index contributed by atoms with van der Waals surface area (Å²) in [5.74, 6) is 0.728. The summed E-state index contributed by atoms with van der Waals surface area (Å²) in [6, 6.07) is 3.53. The first kappa shape index (κ1) is 24.4. The highest BCUT2D eigenvalue weighted by atomic mass is 32.2. The standard InChI is InChI=1S/C18H28F3N5O3S/c1-13(22)26(24(3)14(2)29-18(19,20)21)12-15-5-8-23-17(11-15)25-9-6-16(7-10-25)30(4,27)28/h5,8,11,14,16,22H,6-7,9-10,12H2,1-4H3. The SMILES string of the molecule is CC(=N)N(Cc1ccnc(N2CCC(S(C)(=O)=O)CC2)c1)N(C)C(C)OC(F)(F)F. The molecular weight excluding hydrogens is 423 g/mol. The van der Waals surface area contributed by atoms with Crippen LogP contribution in [0, 0.1) is 5.41 Å². The molecule has 1 atom stereocenters. The van der Waals surface area contributed by atoms with E-state index >= 15 is 0 Å².